The smallest absolute Gasteiger partial charge is 0.325 e. The Hall–Kier alpha value is -2.21. The van der Waals surface area contributed by atoms with Crippen molar-refractivity contribution in [3.63, 3.8) is 0 Å². The normalized spacial score (nSPS) is 13.1. The summed E-state index contributed by atoms with van der Waals surface area (Å²) >= 11 is 0. The van der Waals surface area contributed by atoms with Crippen LogP contribution in [0.25, 0.3) is 0 Å². The van der Waals surface area contributed by atoms with Gasteiger partial charge < -0.3 is 9.63 Å². The van der Waals surface area contributed by atoms with E-state index in [2.05, 4.69) is 15.5 Å². The summed E-state index contributed by atoms with van der Waals surface area (Å²) in [5.74, 6) is 0.0322. The molecular weight excluding hydrogens is 270 g/mol. The maximum Gasteiger partial charge on any atom is 0.325 e. The van der Waals surface area contributed by atoms with E-state index in [0.29, 0.717) is 17.3 Å². The maximum atomic E-state index is 11.4. The van der Waals surface area contributed by atoms with Crippen molar-refractivity contribution < 1.29 is 14.4 Å². The Kier molecular flexibility index (Phi) is 4.37. The largest absolute Gasteiger partial charge is 0.480 e. The average Bonchev–Trinajstić information content (AvgIpc) is 2.88. The Labute approximate surface area is 123 Å². The Bertz CT molecular complexity index is 602. The fourth-order valence-electron chi connectivity index (χ4n) is 1.81. The Morgan fingerprint density at radius 2 is 2.00 bits per heavy atom. The van der Waals surface area contributed by atoms with Crippen molar-refractivity contribution >= 4 is 5.97 Å². The number of aromatic nitrogens is 2. The van der Waals surface area contributed by atoms with Gasteiger partial charge in [0.25, 0.3) is 0 Å². The zero-order valence-electron chi connectivity index (χ0n) is 12.3. The fraction of sp³-hybridized carbons (Fsp3) is 0.400. The lowest BCUT2D eigenvalue weighted by molar-refractivity contribution is -0.139. The molecule has 1 unspecified atom stereocenters. The molecule has 2 rings (SSSR count). The van der Waals surface area contributed by atoms with E-state index in [1.54, 1.807) is 24.3 Å². The third-order valence-electron chi connectivity index (χ3n) is 2.98. The molecule has 6 nitrogen and oxygen atoms in total. The first kappa shape index (κ1) is 15.2. The van der Waals surface area contributed by atoms with Crippen molar-refractivity contribution in [2.75, 3.05) is 0 Å². The zero-order chi connectivity index (χ0) is 15.5. The molecule has 0 fully saturated rings. The minimum atomic E-state index is -0.947. The summed E-state index contributed by atoms with van der Waals surface area (Å²) in [4.78, 5) is 15.6. The van der Waals surface area contributed by atoms with Gasteiger partial charge in [0, 0.05) is 5.41 Å². The summed E-state index contributed by atoms with van der Waals surface area (Å²) in [6, 6.07) is 8.17. The van der Waals surface area contributed by atoms with Crippen LogP contribution in [0.3, 0.4) is 0 Å². The summed E-state index contributed by atoms with van der Waals surface area (Å²) in [6.45, 7) is 6.16. The molecule has 1 atom stereocenters. The molecule has 0 amide bonds. The van der Waals surface area contributed by atoms with Crippen LogP contribution in [0.4, 0.5) is 0 Å². The van der Waals surface area contributed by atoms with Gasteiger partial charge in [0.1, 0.15) is 6.04 Å². The van der Waals surface area contributed by atoms with Gasteiger partial charge in [-0.15, -0.1) is 0 Å². The van der Waals surface area contributed by atoms with Crippen molar-refractivity contribution in [2.24, 2.45) is 0 Å². The van der Waals surface area contributed by atoms with E-state index in [9.17, 15) is 9.90 Å². The first-order valence-electron chi connectivity index (χ1n) is 6.72. The van der Waals surface area contributed by atoms with E-state index in [1.165, 1.54) is 0 Å². The summed E-state index contributed by atoms with van der Waals surface area (Å²) in [5.41, 5.74) is 0.480. The molecule has 6 heteroatoms. The molecule has 1 aromatic carbocycles. The Balaban J connectivity index is 2.06. The lowest BCUT2D eigenvalue weighted by Gasteiger charge is -2.13. The van der Waals surface area contributed by atoms with Crippen LogP contribution < -0.4 is 5.32 Å². The highest BCUT2D eigenvalue weighted by Crippen LogP contribution is 2.19. The molecule has 112 valence electrons. The van der Waals surface area contributed by atoms with Gasteiger partial charge in [0.15, 0.2) is 5.82 Å². The third kappa shape index (κ3) is 3.88. The van der Waals surface area contributed by atoms with Crippen molar-refractivity contribution in [1.82, 2.24) is 15.5 Å². The molecule has 0 saturated carbocycles. The van der Waals surface area contributed by atoms with E-state index < -0.39 is 12.0 Å². The molecule has 0 aliphatic carbocycles. The predicted octanol–water partition coefficient (Wildman–Crippen LogP) is 2.28. The quantitative estimate of drug-likeness (QED) is 0.878. The lowest BCUT2D eigenvalue weighted by Crippen LogP contribution is -2.28. The predicted molar refractivity (Wildman–Crippen MR) is 76.7 cm³/mol. The molecule has 0 radical (unpaired) electrons. The fourth-order valence-corrected chi connectivity index (χ4v) is 1.81. The molecule has 0 saturated heterocycles. The zero-order valence-corrected chi connectivity index (χ0v) is 12.3. The molecule has 0 aliphatic heterocycles. The van der Waals surface area contributed by atoms with Gasteiger partial charge in [-0.25, -0.2) is 0 Å². The lowest BCUT2D eigenvalue weighted by atomic mass is 9.96. The number of benzene rings is 1. The average molecular weight is 289 g/mol. The number of carboxylic acids is 1. The SMILES string of the molecule is CC(C)(C)c1noc(CNC(C(=O)O)c2ccccc2)n1. The van der Waals surface area contributed by atoms with Gasteiger partial charge in [-0.05, 0) is 5.56 Å². The van der Waals surface area contributed by atoms with Crippen LogP contribution in [0.1, 0.15) is 44.1 Å². The van der Waals surface area contributed by atoms with E-state index in [0.717, 1.165) is 0 Å². The first-order valence-corrected chi connectivity index (χ1v) is 6.72. The molecule has 1 heterocycles. The second-order valence-corrected chi connectivity index (χ2v) is 5.82. The van der Waals surface area contributed by atoms with Crippen molar-refractivity contribution in [1.29, 1.82) is 0 Å². The summed E-state index contributed by atoms with van der Waals surface area (Å²) < 4.78 is 5.14. The summed E-state index contributed by atoms with van der Waals surface area (Å²) in [6.07, 6.45) is 0. The van der Waals surface area contributed by atoms with Gasteiger partial charge in [0.05, 0.1) is 6.54 Å². The van der Waals surface area contributed by atoms with Gasteiger partial charge in [-0.2, -0.15) is 4.98 Å². The van der Waals surface area contributed by atoms with Crippen LogP contribution >= 0.6 is 0 Å². The van der Waals surface area contributed by atoms with Crippen LogP contribution in [-0.2, 0) is 16.8 Å². The van der Waals surface area contributed by atoms with Gasteiger partial charge in [-0.1, -0.05) is 56.3 Å². The number of aliphatic carboxylic acids is 1. The van der Waals surface area contributed by atoms with Crippen LogP contribution in [0.2, 0.25) is 0 Å². The highest BCUT2D eigenvalue weighted by molar-refractivity contribution is 5.75. The third-order valence-corrected chi connectivity index (χ3v) is 2.98. The monoisotopic (exact) mass is 289 g/mol. The number of hydrogen-bond acceptors (Lipinski definition) is 5. The first-order chi connectivity index (χ1) is 9.88. The van der Waals surface area contributed by atoms with Gasteiger partial charge in [-0.3, -0.25) is 10.1 Å². The number of hydrogen-bond donors (Lipinski definition) is 2. The van der Waals surface area contributed by atoms with Gasteiger partial charge in [0.2, 0.25) is 5.89 Å². The highest BCUT2D eigenvalue weighted by Gasteiger charge is 2.23. The van der Waals surface area contributed by atoms with Crippen LogP contribution in [-0.4, -0.2) is 21.2 Å². The second kappa shape index (κ2) is 6.05. The number of nitrogens with one attached hydrogen (secondary N) is 1. The second-order valence-electron chi connectivity index (χ2n) is 5.82. The van der Waals surface area contributed by atoms with E-state index >= 15 is 0 Å². The summed E-state index contributed by atoms with van der Waals surface area (Å²) in [7, 11) is 0. The molecule has 0 bridgehead atoms. The van der Waals surface area contributed by atoms with Crippen LogP contribution in [0.15, 0.2) is 34.9 Å². The summed E-state index contributed by atoms with van der Waals surface area (Å²) in [5, 5.41) is 16.1. The number of rotatable bonds is 5. The van der Waals surface area contributed by atoms with E-state index in [4.69, 9.17) is 4.52 Å². The highest BCUT2D eigenvalue weighted by atomic mass is 16.5. The molecule has 0 aliphatic rings. The molecule has 0 spiro atoms. The topological polar surface area (TPSA) is 88.2 Å². The molecule has 21 heavy (non-hydrogen) atoms. The number of carbonyl (C=O) groups is 1. The Morgan fingerprint density at radius 1 is 1.33 bits per heavy atom. The minimum absolute atomic E-state index is 0.201. The molecule has 1 aromatic heterocycles. The van der Waals surface area contributed by atoms with Crippen molar-refractivity contribution in [3.8, 4) is 0 Å². The minimum Gasteiger partial charge on any atom is -0.480 e. The van der Waals surface area contributed by atoms with Crippen molar-refractivity contribution in [3.05, 3.63) is 47.6 Å². The van der Waals surface area contributed by atoms with Gasteiger partial charge >= 0.3 is 5.97 Å². The molecular formula is C15H19N3O3. The molecule has 2 N–H and O–H groups in total. The Morgan fingerprint density at radius 3 is 2.52 bits per heavy atom. The molecule has 2 aromatic rings. The van der Waals surface area contributed by atoms with Crippen LogP contribution in [0, 0.1) is 0 Å². The van der Waals surface area contributed by atoms with Crippen LogP contribution in [0.5, 0.6) is 0 Å². The maximum absolute atomic E-state index is 11.4. The number of carboxylic acid groups (broad SMARTS) is 1. The van der Waals surface area contributed by atoms with Crippen molar-refractivity contribution in [2.45, 2.75) is 38.8 Å². The number of nitrogens with zero attached hydrogens (tertiary/aromatic N) is 2. The van der Waals surface area contributed by atoms with E-state index in [-0.39, 0.29) is 12.0 Å². The van der Waals surface area contributed by atoms with E-state index in [1.807, 2.05) is 26.8 Å². The standard InChI is InChI=1S/C15H19N3O3/c1-15(2,3)14-17-11(21-18-14)9-16-12(13(19)20)10-7-5-4-6-8-10/h4-8,12,16H,9H2,1-3H3,(H,19,20).